The van der Waals surface area contributed by atoms with Crippen molar-refractivity contribution in [3.8, 4) is 5.75 Å². The highest BCUT2D eigenvalue weighted by Gasteiger charge is 2.20. The fraction of sp³-hybridized carbons (Fsp3) is 0.571. The summed E-state index contributed by atoms with van der Waals surface area (Å²) >= 11 is 0. The zero-order valence-electron chi connectivity index (χ0n) is 13.1. The SMILES string of the molecule is COc1cc(C)c(N)cc1S(=O)(=O)NCCCCN(C)C. The van der Waals surface area contributed by atoms with Gasteiger partial charge in [-0.1, -0.05) is 0 Å². The van der Waals surface area contributed by atoms with E-state index in [1.54, 1.807) is 6.07 Å². The molecule has 0 unspecified atom stereocenters. The van der Waals surface area contributed by atoms with Crippen LogP contribution in [0.2, 0.25) is 0 Å². The molecule has 1 aromatic rings. The van der Waals surface area contributed by atoms with E-state index in [0.29, 0.717) is 18.0 Å². The third-order valence-corrected chi connectivity index (χ3v) is 4.65. The number of nitrogen functional groups attached to an aromatic ring is 1. The van der Waals surface area contributed by atoms with Crippen molar-refractivity contribution in [3.05, 3.63) is 17.7 Å². The van der Waals surface area contributed by atoms with Crippen molar-refractivity contribution in [1.29, 1.82) is 0 Å². The second-order valence-electron chi connectivity index (χ2n) is 5.27. The number of benzene rings is 1. The Bertz CT molecular complexity index is 571. The van der Waals surface area contributed by atoms with Crippen LogP contribution in [-0.2, 0) is 10.0 Å². The quantitative estimate of drug-likeness (QED) is 0.556. The molecule has 0 aliphatic rings. The lowest BCUT2D eigenvalue weighted by molar-refractivity contribution is 0.394. The van der Waals surface area contributed by atoms with E-state index in [1.165, 1.54) is 13.2 Å². The van der Waals surface area contributed by atoms with E-state index >= 15 is 0 Å². The zero-order chi connectivity index (χ0) is 16.0. The molecule has 0 atom stereocenters. The Balaban J connectivity index is 2.76. The highest BCUT2D eigenvalue weighted by atomic mass is 32.2. The first-order valence-electron chi connectivity index (χ1n) is 6.86. The Morgan fingerprint density at radius 2 is 1.95 bits per heavy atom. The van der Waals surface area contributed by atoms with E-state index in [1.807, 2.05) is 21.0 Å². The van der Waals surface area contributed by atoms with Gasteiger partial charge in [0.25, 0.3) is 0 Å². The minimum absolute atomic E-state index is 0.0840. The maximum Gasteiger partial charge on any atom is 0.244 e. The molecule has 0 fully saturated rings. The number of hydrogen-bond acceptors (Lipinski definition) is 5. The largest absolute Gasteiger partial charge is 0.495 e. The molecule has 0 heterocycles. The highest BCUT2D eigenvalue weighted by Crippen LogP contribution is 2.28. The van der Waals surface area contributed by atoms with Crippen LogP contribution in [0.15, 0.2) is 17.0 Å². The Morgan fingerprint density at radius 1 is 1.29 bits per heavy atom. The maximum atomic E-state index is 12.3. The normalized spacial score (nSPS) is 11.9. The van der Waals surface area contributed by atoms with Gasteiger partial charge in [-0.25, -0.2) is 13.1 Å². The van der Waals surface area contributed by atoms with E-state index in [2.05, 4.69) is 9.62 Å². The molecule has 0 amide bonds. The van der Waals surface area contributed by atoms with Gasteiger partial charge < -0.3 is 15.4 Å². The number of unbranched alkanes of at least 4 members (excludes halogenated alkanes) is 1. The molecule has 0 radical (unpaired) electrons. The fourth-order valence-electron chi connectivity index (χ4n) is 1.88. The Morgan fingerprint density at radius 3 is 2.52 bits per heavy atom. The summed E-state index contributed by atoms with van der Waals surface area (Å²) in [5.74, 6) is 0.308. The van der Waals surface area contributed by atoms with Gasteiger partial charge in [-0.3, -0.25) is 0 Å². The van der Waals surface area contributed by atoms with Crippen LogP contribution < -0.4 is 15.2 Å². The number of sulfonamides is 1. The van der Waals surface area contributed by atoms with Crippen LogP contribution in [0, 0.1) is 6.92 Å². The lowest BCUT2D eigenvalue weighted by Crippen LogP contribution is -2.26. The third-order valence-electron chi connectivity index (χ3n) is 3.17. The van der Waals surface area contributed by atoms with E-state index in [-0.39, 0.29) is 4.90 Å². The number of nitrogens with two attached hydrogens (primary N) is 1. The summed E-state index contributed by atoms with van der Waals surface area (Å²) in [5, 5.41) is 0. The van der Waals surface area contributed by atoms with Gasteiger partial charge in [-0.2, -0.15) is 0 Å². The number of rotatable bonds is 8. The number of nitrogens with zero attached hydrogens (tertiary/aromatic N) is 1. The molecule has 0 spiro atoms. The number of nitrogens with one attached hydrogen (secondary N) is 1. The molecule has 6 nitrogen and oxygen atoms in total. The van der Waals surface area contributed by atoms with Crippen molar-refractivity contribution >= 4 is 15.7 Å². The Kier molecular flexibility index (Phi) is 6.44. The molecule has 0 saturated heterocycles. The van der Waals surface area contributed by atoms with E-state index in [4.69, 9.17) is 10.5 Å². The average molecular weight is 315 g/mol. The van der Waals surface area contributed by atoms with Crippen LogP contribution in [0.1, 0.15) is 18.4 Å². The molecular weight excluding hydrogens is 290 g/mol. The van der Waals surface area contributed by atoms with Gasteiger partial charge in [0.2, 0.25) is 10.0 Å². The molecule has 21 heavy (non-hydrogen) atoms. The van der Waals surface area contributed by atoms with Crippen LogP contribution >= 0.6 is 0 Å². The molecule has 7 heteroatoms. The summed E-state index contributed by atoms with van der Waals surface area (Å²) in [4.78, 5) is 2.15. The number of anilines is 1. The van der Waals surface area contributed by atoms with E-state index in [9.17, 15) is 8.42 Å². The predicted octanol–water partition coefficient (Wildman–Crippen LogP) is 1.21. The molecule has 0 aliphatic heterocycles. The topological polar surface area (TPSA) is 84.7 Å². The maximum absolute atomic E-state index is 12.3. The van der Waals surface area contributed by atoms with Crippen LogP contribution in [0.5, 0.6) is 5.75 Å². The van der Waals surface area contributed by atoms with E-state index < -0.39 is 10.0 Å². The third kappa shape index (κ3) is 5.18. The first kappa shape index (κ1) is 17.7. The Hall–Kier alpha value is -1.31. The minimum Gasteiger partial charge on any atom is -0.495 e. The average Bonchev–Trinajstić information content (AvgIpc) is 2.40. The summed E-state index contributed by atoms with van der Waals surface area (Å²) in [7, 11) is 1.81. The Labute approximate surface area is 127 Å². The number of aryl methyl sites for hydroxylation is 1. The second kappa shape index (κ2) is 7.63. The van der Waals surface area contributed by atoms with Crippen molar-refractivity contribution in [2.75, 3.05) is 40.0 Å². The van der Waals surface area contributed by atoms with E-state index in [0.717, 1.165) is 24.9 Å². The molecule has 0 aromatic heterocycles. The number of hydrogen-bond donors (Lipinski definition) is 2. The van der Waals surface area contributed by atoms with Gasteiger partial charge in [0.05, 0.1) is 7.11 Å². The van der Waals surface area contributed by atoms with Crippen LogP contribution in [-0.4, -0.2) is 47.6 Å². The molecule has 1 aromatic carbocycles. The van der Waals surface area contributed by atoms with Gasteiger partial charge in [0.15, 0.2) is 0 Å². The van der Waals surface area contributed by atoms with Crippen molar-refractivity contribution in [3.63, 3.8) is 0 Å². The molecule has 120 valence electrons. The summed E-state index contributed by atoms with van der Waals surface area (Å²) in [5.41, 5.74) is 7.02. The highest BCUT2D eigenvalue weighted by molar-refractivity contribution is 7.89. The summed E-state index contributed by atoms with van der Waals surface area (Å²) in [6, 6.07) is 3.08. The smallest absolute Gasteiger partial charge is 0.244 e. The first-order valence-corrected chi connectivity index (χ1v) is 8.34. The molecule has 0 aliphatic carbocycles. The lowest BCUT2D eigenvalue weighted by Gasteiger charge is -2.13. The minimum atomic E-state index is -3.61. The molecule has 0 saturated carbocycles. The van der Waals surface area contributed by atoms with Crippen molar-refractivity contribution < 1.29 is 13.2 Å². The standard InChI is InChI=1S/C14H25N3O3S/c1-11-9-13(20-4)14(10-12(11)15)21(18,19)16-7-5-6-8-17(2)3/h9-10,16H,5-8,15H2,1-4H3. The predicted molar refractivity (Wildman–Crippen MR) is 85.1 cm³/mol. The summed E-state index contributed by atoms with van der Waals surface area (Å²) in [6.07, 6.45) is 1.71. The fourth-order valence-corrected chi connectivity index (χ4v) is 3.14. The number of methoxy groups -OCH3 is 1. The number of ether oxygens (including phenoxy) is 1. The van der Waals surface area contributed by atoms with Crippen molar-refractivity contribution in [2.45, 2.75) is 24.7 Å². The van der Waals surface area contributed by atoms with Crippen LogP contribution in [0.4, 0.5) is 5.69 Å². The molecule has 0 bridgehead atoms. The lowest BCUT2D eigenvalue weighted by atomic mass is 10.2. The van der Waals surface area contributed by atoms with Crippen LogP contribution in [0.25, 0.3) is 0 Å². The summed E-state index contributed by atoms with van der Waals surface area (Å²) in [6.45, 7) is 3.14. The first-order chi connectivity index (χ1) is 9.77. The van der Waals surface area contributed by atoms with Crippen molar-refractivity contribution in [2.24, 2.45) is 0 Å². The van der Waals surface area contributed by atoms with Crippen LogP contribution in [0.3, 0.4) is 0 Å². The molecule has 1 rings (SSSR count). The monoisotopic (exact) mass is 315 g/mol. The van der Waals surface area contributed by atoms with Gasteiger partial charge >= 0.3 is 0 Å². The van der Waals surface area contributed by atoms with Gasteiger partial charge in [-0.05, 0) is 58.1 Å². The van der Waals surface area contributed by atoms with Crippen molar-refractivity contribution in [1.82, 2.24) is 9.62 Å². The second-order valence-corrected chi connectivity index (χ2v) is 7.00. The van der Waals surface area contributed by atoms with Gasteiger partial charge in [-0.15, -0.1) is 0 Å². The van der Waals surface area contributed by atoms with Gasteiger partial charge in [0.1, 0.15) is 10.6 Å². The summed E-state index contributed by atoms with van der Waals surface area (Å²) < 4.78 is 32.4. The zero-order valence-corrected chi connectivity index (χ0v) is 14.0. The van der Waals surface area contributed by atoms with Gasteiger partial charge in [0, 0.05) is 12.2 Å². The molecular formula is C14H25N3O3S. The molecule has 3 N–H and O–H groups in total.